The predicted molar refractivity (Wildman–Crippen MR) is 58.3 cm³/mol. The quantitative estimate of drug-likeness (QED) is 0.668. The van der Waals surface area contributed by atoms with Gasteiger partial charge in [0.1, 0.15) is 0 Å². The lowest BCUT2D eigenvalue weighted by Gasteiger charge is -2.33. The lowest BCUT2D eigenvalue weighted by atomic mass is 9.76. The molecule has 0 spiro atoms. The zero-order chi connectivity index (χ0) is 10.4. The Labute approximate surface area is 87.7 Å². The lowest BCUT2D eigenvalue weighted by molar-refractivity contribution is 0.0128. The van der Waals surface area contributed by atoms with Gasteiger partial charge >= 0.3 is 0 Å². The Balaban J connectivity index is 2.35. The van der Waals surface area contributed by atoms with Crippen LogP contribution < -0.4 is 0 Å². The molecule has 1 unspecified atom stereocenters. The van der Waals surface area contributed by atoms with Crippen LogP contribution in [0.5, 0.6) is 0 Å². The first kappa shape index (κ1) is 12.0. The number of hydrogen-bond acceptors (Lipinski definition) is 2. The van der Waals surface area contributed by atoms with Gasteiger partial charge in [0.25, 0.3) is 0 Å². The Bertz CT molecular complexity index is 150. The van der Waals surface area contributed by atoms with Crippen LogP contribution in [0.1, 0.15) is 51.9 Å². The van der Waals surface area contributed by atoms with Gasteiger partial charge in [-0.2, -0.15) is 0 Å². The van der Waals surface area contributed by atoms with Gasteiger partial charge in [0, 0.05) is 13.7 Å². The molecule has 0 heterocycles. The summed E-state index contributed by atoms with van der Waals surface area (Å²) in [6.45, 7) is 2.99. The third-order valence-electron chi connectivity index (χ3n) is 3.84. The number of ether oxygens (including phenoxy) is 1. The molecule has 1 aliphatic rings. The molecule has 0 amide bonds. The fourth-order valence-electron chi connectivity index (χ4n) is 2.73. The number of aliphatic hydroxyl groups excluding tert-OH is 1. The molecule has 0 radical (unpaired) electrons. The molecule has 0 saturated heterocycles. The van der Waals surface area contributed by atoms with Gasteiger partial charge in [0.15, 0.2) is 0 Å². The highest BCUT2D eigenvalue weighted by atomic mass is 16.5. The second kappa shape index (κ2) is 5.72. The van der Waals surface area contributed by atoms with Gasteiger partial charge in [-0.15, -0.1) is 0 Å². The summed E-state index contributed by atoms with van der Waals surface area (Å²) in [4.78, 5) is 0. The van der Waals surface area contributed by atoms with Crippen molar-refractivity contribution in [1.82, 2.24) is 0 Å². The maximum Gasteiger partial charge on any atom is 0.0597 e. The molecule has 0 aromatic carbocycles. The molecule has 0 aromatic rings. The zero-order valence-electron chi connectivity index (χ0n) is 9.59. The van der Waals surface area contributed by atoms with E-state index in [2.05, 4.69) is 6.92 Å². The molecular weight excluding hydrogens is 176 g/mol. The Morgan fingerprint density at radius 1 is 1.36 bits per heavy atom. The highest BCUT2D eigenvalue weighted by Gasteiger charge is 2.38. The molecule has 1 fully saturated rings. The Morgan fingerprint density at radius 2 is 2.00 bits per heavy atom. The standard InChI is InChI=1S/C12H24O2/c1-3-12(8-4-5-9-12)11(13)7-6-10-14-2/h11,13H,3-10H2,1-2H3. The van der Waals surface area contributed by atoms with Gasteiger partial charge < -0.3 is 9.84 Å². The number of hydrogen-bond donors (Lipinski definition) is 1. The van der Waals surface area contributed by atoms with Crippen LogP contribution in [0.4, 0.5) is 0 Å². The summed E-state index contributed by atoms with van der Waals surface area (Å²) in [5.74, 6) is 0. The lowest BCUT2D eigenvalue weighted by Crippen LogP contribution is -2.32. The molecule has 0 aromatic heterocycles. The monoisotopic (exact) mass is 200 g/mol. The van der Waals surface area contributed by atoms with E-state index in [0.29, 0.717) is 0 Å². The summed E-state index contributed by atoms with van der Waals surface area (Å²) in [5.41, 5.74) is 0.244. The van der Waals surface area contributed by atoms with Crippen molar-refractivity contribution >= 4 is 0 Å². The van der Waals surface area contributed by atoms with Crippen LogP contribution in [0, 0.1) is 5.41 Å². The van der Waals surface area contributed by atoms with Crippen LogP contribution in [0.3, 0.4) is 0 Å². The van der Waals surface area contributed by atoms with Gasteiger partial charge in [-0.1, -0.05) is 19.8 Å². The highest BCUT2D eigenvalue weighted by molar-refractivity contribution is 4.89. The Kier molecular flexibility index (Phi) is 4.90. The van der Waals surface area contributed by atoms with Gasteiger partial charge in [-0.05, 0) is 37.5 Å². The number of aliphatic hydroxyl groups is 1. The summed E-state index contributed by atoms with van der Waals surface area (Å²) in [5, 5.41) is 10.2. The van der Waals surface area contributed by atoms with E-state index in [-0.39, 0.29) is 11.5 Å². The highest BCUT2D eigenvalue weighted by Crippen LogP contribution is 2.44. The summed E-state index contributed by atoms with van der Waals surface area (Å²) >= 11 is 0. The van der Waals surface area contributed by atoms with Gasteiger partial charge in [-0.25, -0.2) is 0 Å². The second-order valence-electron chi connectivity index (χ2n) is 4.57. The minimum atomic E-state index is -0.106. The molecule has 2 heteroatoms. The molecule has 84 valence electrons. The van der Waals surface area contributed by atoms with Crippen LogP contribution in [-0.2, 0) is 4.74 Å². The van der Waals surface area contributed by atoms with E-state index in [1.807, 2.05) is 0 Å². The molecule has 0 bridgehead atoms. The molecule has 1 aliphatic carbocycles. The molecule has 1 rings (SSSR count). The normalized spacial score (nSPS) is 22.5. The average Bonchev–Trinajstić information content (AvgIpc) is 2.67. The van der Waals surface area contributed by atoms with Crippen molar-refractivity contribution < 1.29 is 9.84 Å². The Morgan fingerprint density at radius 3 is 2.50 bits per heavy atom. The van der Waals surface area contributed by atoms with Crippen LogP contribution in [0.15, 0.2) is 0 Å². The van der Waals surface area contributed by atoms with Crippen molar-refractivity contribution in [2.24, 2.45) is 5.41 Å². The van der Waals surface area contributed by atoms with E-state index >= 15 is 0 Å². The topological polar surface area (TPSA) is 29.5 Å². The van der Waals surface area contributed by atoms with Crippen molar-refractivity contribution in [2.45, 2.75) is 58.0 Å². The van der Waals surface area contributed by atoms with Crippen LogP contribution in [0.25, 0.3) is 0 Å². The molecular formula is C12H24O2. The van der Waals surface area contributed by atoms with E-state index < -0.39 is 0 Å². The van der Waals surface area contributed by atoms with Crippen LogP contribution in [-0.4, -0.2) is 24.9 Å². The molecule has 0 aliphatic heterocycles. The third kappa shape index (κ3) is 2.71. The smallest absolute Gasteiger partial charge is 0.0597 e. The summed E-state index contributed by atoms with van der Waals surface area (Å²) in [6, 6.07) is 0. The van der Waals surface area contributed by atoms with Crippen molar-refractivity contribution in [3.05, 3.63) is 0 Å². The van der Waals surface area contributed by atoms with Crippen molar-refractivity contribution in [1.29, 1.82) is 0 Å². The maximum atomic E-state index is 10.2. The zero-order valence-corrected chi connectivity index (χ0v) is 9.59. The van der Waals surface area contributed by atoms with Crippen molar-refractivity contribution in [3.63, 3.8) is 0 Å². The van der Waals surface area contributed by atoms with E-state index in [1.54, 1.807) is 7.11 Å². The number of methoxy groups -OCH3 is 1. The summed E-state index contributed by atoms with van der Waals surface area (Å²) < 4.78 is 5.01. The minimum Gasteiger partial charge on any atom is -0.393 e. The summed E-state index contributed by atoms with van der Waals surface area (Å²) in [6.07, 6.45) is 7.95. The van der Waals surface area contributed by atoms with Crippen LogP contribution >= 0.6 is 0 Å². The van der Waals surface area contributed by atoms with Gasteiger partial charge in [0.05, 0.1) is 6.10 Å². The maximum absolute atomic E-state index is 10.2. The fourth-order valence-corrected chi connectivity index (χ4v) is 2.73. The molecule has 1 saturated carbocycles. The van der Waals surface area contributed by atoms with Crippen LogP contribution in [0.2, 0.25) is 0 Å². The largest absolute Gasteiger partial charge is 0.393 e. The molecule has 1 N–H and O–H groups in total. The van der Waals surface area contributed by atoms with Gasteiger partial charge in [-0.3, -0.25) is 0 Å². The summed E-state index contributed by atoms with van der Waals surface area (Å²) in [7, 11) is 1.72. The average molecular weight is 200 g/mol. The van der Waals surface area contributed by atoms with E-state index in [1.165, 1.54) is 25.7 Å². The van der Waals surface area contributed by atoms with Crippen molar-refractivity contribution in [3.8, 4) is 0 Å². The molecule has 2 nitrogen and oxygen atoms in total. The Hall–Kier alpha value is -0.0800. The molecule has 1 atom stereocenters. The van der Waals surface area contributed by atoms with Gasteiger partial charge in [0.2, 0.25) is 0 Å². The first-order valence-corrected chi connectivity index (χ1v) is 5.92. The van der Waals surface area contributed by atoms with E-state index in [9.17, 15) is 5.11 Å². The fraction of sp³-hybridized carbons (Fsp3) is 1.00. The minimum absolute atomic E-state index is 0.106. The first-order chi connectivity index (χ1) is 6.75. The number of rotatable bonds is 6. The third-order valence-corrected chi connectivity index (χ3v) is 3.84. The second-order valence-corrected chi connectivity index (χ2v) is 4.57. The predicted octanol–water partition coefficient (Wildman–Crippen LogP) is 2.74. The SMILES string of the molecule is CCC1(C(O)CCCOC)CCCC1. The molecule has 14 heavy (non-hydrogen) atoms. The van der Waals surface area contributed by atoms with E-state index in [0.717, 1.165) is 25.9 Å². The van der Waals surface area contributed by atoms with E-state index in [4.69, 9.17) is 4.74 Å². The first-order valence-electron chi connectivity index (χ1n) is 5.92. The van der Waals surface area contributed by atoms with Crippen molar-refractivity contribution in [2.75, 3.05) is 13.7 Å².